The van der Waals surface area contributed by atoms with Gasteiger partial charge in [-0.25, -0.2) is 4.98 Å². The third kappa shape index (κ3) is 5.69. The van der Waals surface area contributed by atoms with Gasteiger partial charge in [0.25, 0.3) is 5.78 Å². The zero-order valence-electron chi connectivity index (χ0n) is 24.2. The number of unbranched alkanes of at least 4 members (excludes halogenated alkanes) is 1. The Hall–Kier alpha value is -4.37. The number of carbonyl (C=O) groups is 2. The van der Waals surface area contributed by atoms with Crippen molar-refractivity contribution in [3.05, 3.63) is 82.9 Å². The van der Waals surface area contributed by atoms with Crippen LogP contribution in [0.1, 0.15) is 56.3 Å². The minimum absolute atomic E-state index is 0.0262. The third-order valence-electron chi connectivity index (χ3n) is 6.96. The maximum atomic E-state index is 13.7. The van der Waals surface area contributed by atoms with Crippen molar-refractivity contribution < 1.29 is 28.9 Å². The lowest BCUT2D eigenvalue weighted by Crippen LogP contribution is -2.29. The Kier molecular flexibility index (Phi) is 8.77. The Labute approximate surface area is 249 Å². The average molecular weight is 587 g/mol. The van der Waals surface area contributed by atoms with Crippen molar-refractivity contribution in [3.63, 3.8) is 0 Å². The number of ether oxygens (including phenoxy) is 3. The lowest BCUT2D eigenvalue weighted by molar-refractivity contribution is -0.132. The summed E-state index contributed by atoms with van der Waals surface area (Å²) in [6.45, 7) is 9.28. The topological polar surface area (TPSA) is 98.2 Å². The van der Waals surface area contributed by atoms with Gasteiger partial charge in [0, 0.05) is 5.56 Å². The van der Waals surface area contributed by atoms with Crippen LogP contribution in [-0.4, -0.2) is 41.6 Å². The molecule has 0 aliphatic carbocycles. The van der Waals surface area contributed by atoms with E-state index >= 15 is 0 Å². The molecule has 9 heteroatoms. The molecule has 42 heavy (non-hydrogen) atoms. The lowest BCUT2D eigenvalue weighted by Gasteiger charge is -2.24. The van der Waals surface area contributed by atoms with Crippen LogP contribution in [0.3, 0.4) is 0 Å². The van der Waals surface area contributed by atoms with Crippen molar-refractivity contribution in [1.29, 1.82) is 0 Å². The Morgan fingerprint density at radius 2 is 1.69 bits per heavy atom. The van der Waals surface area contributed by atoms with Crippen LogP contribution in [0.2, 0.25) is 0 Å². The van der Waals surface area contributed by atoms with Gasteiger partial charge in [0.15, 0.2) is 16.6 Å². The van der Waals surface area contributed by atoms with E-state index in [4.69, 9.17) is 19.2 Å². The second-order valence-electron chi connectivity index (χ2n) is 9.94. The van der Waals surface area contributed by atoms with Crippen molar-refractivity contribution >= 4 is 44.1 Å². The number of Topliss-reactive ketones (excluding diaryl/α,β-unsaturated/α-hetero) is 1. The molecule has 1 fully saturated rings. The number of amides is 1. The molecule has 1 unspecified atom stereocenters. The first kappa shape index (κ1) is 29.1. The molecule has 5 rings (SSSR count). The SMILES string of the molecule is CCCCOc1ccc(C2C(=C(O)c3ccc(OCC)cc3)C(=O)C(=O)N2c2nc3ccc(C)cc3s2)cc1OCC. The number of rotatable bonds is 11. The van der Waals surface area contributed by atoms with Crippen molar-refractivity contribution in [3.8, 4) is 17.2 Å². The molecule has 218 valence electrons. The largest absolute Gasteiger partial charge is 0.507 e. The van der Waals surface area contributed by atoms with Gasteiger partial charge in [-0.3, -0.25) is 14.5 Å². The van der Waals surface area contributed by atoms with E-state index in [1.807, 2.05) is 39.0 Å². The molecule has 0 radical (unpaired) electrons. The van der Waals surface area contributed by atoms with Gasteiger partial charge in [-0.05, 0) is 86.8 Å². The predicted octanol–water partition coefficient (Wildman–Crippen LogP) is 7.21. The van der Waals surface area contributed by atoms with E-state index in [-0.39, 0.29) is 11.3 Å². The van der Waals surface area contributed by atoms with Crippen molar-refractivity contribution in [2.24, 2.45) is 0 Å². The summed E-state index contributed by atoms with van der Waals surface area (Å²) < 4.78 is 18.3. The molecule has 1 aromatic heterocycles. The van der Waals surface area contributed by atoms with Crippen LogP contribution in [0.15, 0.2) is 66.2 Å². The monoisotopic (exact) mass is 586 g/mol. The standard InChI is InChI=1S/C33H34N2O6S/c1-5-8-17-41-25-16-12-22(19-26(25)40-7-3)29-28(30(36)21-10-13-23(14-11-21)39-6-2)31(37)32(38)35(29)33-34-24-15-9-20(4)18-27(24)42-33/h9-16,18-19,29,36H,5-8,17H2,1-4H3. The number of carbonyl (C=O) groups excluding carboxylic acids is 2. The predicted molar refractivity (Wildman–Crippen MR) is 165 cm³/mol. The molecule has 0 spiro atoms. The second kappa shape index (κ2) is 12.7. The van der Waals surface area contributed by atoms with Gasteiger partial charge in [-0.1, -0.05) is 36.8 Å². The van der Waals surface area contributed by atoms with Crippen molar-refractivity contribution in [2.75, 3.05) is 24.7 Å². The number of aromatic nitrogens is 1. The highest BCUT2D eigenvalue weighted by molar-refractivity contribution is 7.22. The summed E-state index contributed by atoms with van der Waals surface area (Å²) in [7, 11) is 0. The van der Waals surface area contributed by atoms with Crippen LogP contribution in [-0.2, 0) is 9.59 Å². The average Bonchev–Trinajstić information content (AvgIpc) is 3.51. The first-order valence-electron chi connectivity index (χ1n) is 14.2. The number of hydrogen-bond donors (Lipinski definition) is 1. The van der Waals surface area contributed by atoms with Crippen LogP contribution >= 0.6 is 11.3 Å². The molecular weight excluding hydrogens is 552 g/mol. The molecule has 3 aromatic carbocycles. The molecule has 0 saturated carbocycles. The van der Waals surface area contributed by atoms with Crippen molar-refractivity contribution in [1.82, 2.24) is 4.98 Å². The zero-order valence-corrected chi connectivity index (χ0v) is 25.0. The number of nitrogens with zero attached hydrogens (tertiary/aromatic N) is 2. The molecule has 1 amide bonds. The number of hydrogen-bond acceptors (Lipinski definition) is 8. The van der Waals surface area contributed by atoms with Gasteiger partial charge in [0.05, 0.1) is 41.7 Å². The minimum Gasteiger partial charge on any atom is -0.507 e. The van der Waals surface area contributed by atoms with E-state index < -0.39 is 17.7 Å². The summed E-state index contributed by atoms with van der Waals surface area (Å²) in [6, 6.07) is 17.0. The Bertz CT molecular complexity index is 1640. The summed E-state index contributed by atoms with van der Waals surface area (Å²) in [5, 5.41) is 11.9. The number of aliphatic hydroxyl groups excluding tert-OH is 1. The summed E-state index contributed by atoms with van der Waals surface area (Å²) in [4.78, 5) is 33.5. The van der Waals surface area contributed by atoms with Gasteiger partial charge in [-0.2, -0.15) is 0 Å². The molecule has 1 aliphatic heterocycles. The number of anilines is 1. The summed E-state index contributed by atoms with van der Waals surface area (Å²) >= 11 is 1.33. The van der Waals surface area contributed by atoms with E-state index in [1.165, 1.54) is 16.2 Å². The van der Waals surface area contributed by atoms with E-state index in [0.717, 1.165) is 28.6 Å². The Balaban J connectivity index is 1.67. The Morgan fingerprint density at radius 1 is 0.929 bits per heavy atom. The molecule has 0 bridgehead atoms. The number of aliphatic hydroxyl groups is 1. The number of ketones is 1. The molecule has 4 aromatic rings. The van der Waals surface area contributed by atoms with Gasteiger partial charge in [-0.15, -0.1) is 0 Å². The van der Waals surface area contributed by atoms with Crippen LogP contribution in [0.5, 0.6) is 17.2 Å². The quantitative estimate of drug-likeness (QED) is 0.0858. The Morgan fingerprint density at radius 3 is 2.40 bits per heavy atom. The number of fused-ring (bicyclic) bond motifs is 1. The van der Waals surface area contributed by atoms with E-state index in [2.05, 4.69) is 6.92 Å². The minimum atomic E-state index is -0.942. The van der Waals surface area contributed by atoms with Gasteiger partial charge in [0.2, 0.25) is 0 Å². The van der Waals surface area contributed by atoms with Crippen molar-refractivity contribution in [2.45, 2.75) is 46.6 Å². The van der Waals surface area contributed by atoms with Crippen LogP contribution in [0, 0.1) is 6.92 Å². The fourth-order valence-electron chi connectivity index (χ4n) is 4.91. The number of aryl methyl sites for hydroxylation is 1. The maximum absolute atomic E-state index is 13.7. The number of thiazole rings is 1. The van der Waals surface area contributed by atoms with E-state index in [0.29, 0.717) is 53.3 Å². The molecule has 2 heterocycles. The first-order valence-corrected chi connectivity index (χ1v) is 15.0. The molecule has 1 N–H and O–H groups in total. The van der Waals surface area contributed by atoms with Gasteiger partial charge >= 0.3 is 5.91 Å². The molecule has 8 nitrogen and oxygen atoms in total. The smallest absolute Gasteiger partial charge is 0.301 e. The third-order valence-corrected chi connectivity index (χ3v) is 7.98. The maximum Gasteiger partial charge on any atom is 0.301 e. The fraction of sp³-hybridized carbons (Fsp3) is 0.303. The molecule has 1 aliphatic rings. The molecule has 1 saturated heterocycles. The van der Waals surface area contributed by atoms with Crippen LogP contribution < -0.4 is 19.1 Å². The normalized spacial score (nSPS) is 16.3. The van der Waals surface area contributed by atoms with Crippen LogP contribution in [0.25, 0.3) is 16.0 Å². The van der Waals surface area contributed by atoms with Gasteiger partial charge in [0.1, 0.15) is 11.5 Å². The highest BCUT2D eigenvalue weighted by atomic mass is 32.1. The fourth-order valence-corrected chi connectivity index (χ4v) is 6.00. The van der Waals surface area contributed by atoms with E-state index in [1.54, 1.807) is 42.5 Å². The van der Waals surface area contributed by atoms with Crippen LogP contribution in [0.4, 0.5) is 5.13 Å². The first-order chi connectivity index (χ1) is 20.4. The highest BCUT2D eigenvalue weighted by Gasteiger charge is 2.48. The summed E-state index contributed by atoms with van der Waals surface area (Å²) in [6.07, 6.45) is 1.89. The lowest BCUT2D eigenvalue weighted by atomic mass is 9.95. The zero-order chi connectivity index (χ0) is 29.8. The van der Waals surface area contributed by atoms with E-state index in [9.17, 15) is 14.7 Å². The molecular formula is C33H34N2O6S. The summed E-state index contributed by atoms with van der Waals surface area (Å²) in [5.74, 6) is -0.115. The molecule has 1 atom stereocenters. The second-order valence-corrected chi connectivity index (χ2v) is 10.9. The number of benzene rings is 3. The summed E-state index contributed by atoms with van der Waals surface area (Å²) in [5.41, 5.74) is 2.74. The highest BCUT2D eigenvalue weighted by Crippen LogP contribution is 2.46. The van der Waals surface area contributed by atoms with Gasteiger partial charge < -0.3 is 19.3 Å².